The number of carbonyl (C=O) groups is 2. The minimum absolute atomic E-state index is 0.0460. The van der Waals surface area contributed by atoms with Crippen LogP contribution in [0.25, 0.3) is 0 Å². The number of methoxy groups -OCH3 is 1. The summed E-state index contributed by atoms with van der Waals surface area (Å²) in [6.45, 7) is 3.86. The lowest BCUT2D eigenvalue weighted by Crippen LogP contribution is -2.50. The van der Waals surface area contributed by atoms with Crippen LogP contribution in [-0.4, -0.2) is 60.7 Å². The van der Waals surface area contributed by atoms with Gasteiger partial charge in [-0.25, -0.2) is 4.39 Å². The minimum atomic E-state index is -0.312. The third kappa shape index (κ3) is 4.86. The highest BCUT2D eigenvalue weighted by Crippen LogP contribution is 2.24. The summed E-state index contributed by atoms with van der Waals surface area (Å²) < 4.78 is 18.5. The smallest absolute Gasteiger partial charge is 0.232 e. The molecule has 7 heteroatoms. The number of hydrogen-bond acceptors (Lipinski definition) is 4. The van der Waals surface area contributed by atoms with Gasteiger partial charge < -0.3 is 14.5 Å². The van der Waals surface area contributed by atoms with Gasteiger partial charge in [0.25, 0.3) is 0 Å². The first-order valence-electron chi connectivity index (χ1n) is 7.44. The second-order valence-corrected chi connectivity index (χ2v) is 6.32. The van der Waals surface area contributed by atoms with E-state index in [0.29, 0.717) is 43.4 Å². The van der Waals surface area contributed by atoms with E-state index in [1.165, 1.54) is 23.9 Å². The van der Waals surface area contributed by atoms with Crippen molar-refractivity contribution < 1.29 is 18.7 Å². The van der Waals surface area contributed by atoms with Crippen LogP contribution >= 0.6 is 11.8 Å². The molecule has 0 spiro atoms. The maximum atomic E-state index is 13.3. The first kappa shape index (κ1) is 17.6. The quantitative estimate of drug-likeness (QED) is 0.820. The predicted molar refractivity (Wildman–Crippen MR) is 87.9 cm³/mol. The normalized spacial score (nSPS) is 14.7. The van der Waals surface area contributed by atoms with Crippen molar-refractivity contribution in [3.05, 3.63) is 29.6 Å². The van der Waals surface area contributed by atoms with E-state index in [4.69, 9.17) is 4.74 Å². The van der Waals surface area contributed by atoms with Gasteiger partial charge in [0.15, 0.2) is 0 Å². The molecule has 5 nitrogen and oxygen atoms in total. The summed E-state index contributed by atoms with van der Waals surface area (Å²) in [7, 11) is 1.54. The number of hydrogen-bond donors (Lipinski definition) is 0. The van der Waals surface area contributed by atoms with Crippen molar-refractivity contribution in [2.45, 2.75) is 12.7 Å². The molecule has 0 atom stereocenters. The second kappa shape index (κ2) is 8.19. The Morgan fingerprint density at radius 1 is 1.22 bits per heavy atom. The fraction of sp³-hybridized carbons (Fsp3) is 0.500. The maximum Gasteiger partial charge on any atom is 0.232 e. The molecule has 0 saturated carbocycles. The average molecular weight is 340 g/mol. The van der Waals surface area contributed by atoms with Crippen LogP contribution in [0.5, 0.6) is 5.75 Å². The zero-order valence-electron chi connectivity index (χ0n) is 13.4. The van der Waals surface area contributed by atoms with Crippen LogP contribution in [0.1, 0.15) is 12.5 Å². The Kier molecular flexibility index (Phi) is 6.27. The summed E-state index contributed by atoms with van der Waals surface area (Å²) in [6.07, 6.45) is 0. The van der Waals surface area contributed by atoms with Gasteiger partial charge in [0.2, 0.25) is 11.8 Å². The van der Waals surface area contributed by atoms with E-state index in [0.717, 1.165) is 5.56 Å². The molecule has 126 valence electrons. The summed E-state index contributed by atoms with van der Waals surface area (Å²) in [4.78, 5) is 27.0. The molecular formula is C16H21FN2O3S. The molecule has 0 unspecified atom stereocenters. The lowest BCUT2D eigenvalue weighted by Gasteiger charge is -2.34. The monoisotopic (exact) mass is 340 g/mol. The van der Waals surface area contributed by atoms with Crippen LogP contribution in [0.15, 0.2) is 18.2 Å². The Bertz CT molecular complexity index is 574. The molecule has 2 rings (SSSR count). The van der Waals surface area contributed by atoms with E-state index < -0.39 is 0 Å². The van der Waals surface area contributed by atoms with Gasteiger partial charge in [-0.05, 0) is 18.2 Å². The predicted octanol–water partition coefficient (Wildman–Crippen LogP) is 1.76. The molecule has 0 radical (unpaired) electrons. The number of thioether (sulfide) groups is 1. The van der Waals surface area contributed by atoms with Crippen molar-refractivity contribution in [3.63, 3.8) is 0 Å². The van der Waals surface area contributed by atoms with Gasteiger partial charge in [-0.15, -0.1) is 11.8 Å². The summed E-state index contributed by atoms with van der Waals surface area (Å²) in [5.41, 5.74) is 0.742. The largest absolute Gasteiger partial charge is 0.496 e. The van der Waals surface area contributed by atoms with Gasteiger partial charge in [0, 0.05) is 44.4 Å². The molecule has 0 bridgehead atoms. The number of amides is 2. The molecule has 1 aliphatic rings. The third-order valence-electron chi connectivity index (χ3n) is 3.80. The van der Waals surface area contributed by atoms with Crippen LogP contribution in [0.2, 0.25) is 0 Å². The molecular weight excluding hydrogens is 319 g/mol. The van der Waals surface area contributed by atoms with Crippen LogP contribution in [0.4, 0.5) is 4.39 Å². The van der Waals surface area contributed by atoms with E-state index in [-0.39, 0.29) is 17.6 Å². The highest BCUT2D eigenvalue weighted by Gasteiger charge is 2.22. The lowest BCUT2D eigenvalue weighted by atomic mass is 10.2. The van der Waals surface area contributed by atoms with Gasteiger partial charge in [0.1, 0.15) is 11.6 Å². The summed E-state index contributed by atoms with van der Waals surface area (Å²) >= 11 is 1.44. The first-order valence-corrected chi connectivity index (χ1v) is 8.60. The van der Waals surface area contributed by atoms with Crippen molar-refractivity contribution in [1.29, 1.82) is 0 Å². The average Bonchev–Trinajstić information content (AvgIpc) is 2.55. The molecule has 1 aromatic rings. The third-order valence-corrected chi connectivity index (χ3v) is 4.77. The van der Waals surface area contributed by atoms with Crippen molar-refractivity contribution in [3.8, 4) is 5.75 Å². The minimum Gasteiger partial charge on any atom is -0.496 e. The second-order valence-electron chi connectivity index (χ2n) is 5.34. The molecule has 1 aromatic carbocycles. The SMILES string of the molecule is COc1ccc(F)cc1CSCC(=O)N1CCN(C(C)=O)CC1. The highest BCUT2D eigenvalue weighted by molar-refractivity contribution is 7.99. The number of carbonyl (C=O) groups excluding carboxylic acids is 2. The van der Waals surface area contributed by atoms with Crippen LogP contribution in [0.3, 0.4) is 0 Å². The Morgan fingerprint density at radius 2 is 1.87 bits per heavy atom. The topological polar surface area (TPSA) is 49.9 Å². The molecule has 2 amide bonds. The van der Waals surface area contributed by atoms with Crippen molar-refractivity contribution in [1.82, 2.24) is 9.80 Å². The first-order chi connectivity index (χ1) is 11.0. The van der Waals surface area contributed by atoms with Crippen LogP contribution < -0.4 is 4.74 Å². The number of halogens is 1. The number of piperazine rings is 1. The zero-order chi connectivity index (χ0) is 16.8. The van der Waals surface area contributed by atoms with E-state index in [1.54, 1.807) is 29.9 Å². The number of ether oxygens (including phenoxy) is 1. The molecule has 1 saturated heterocycles. The Balaban J connectivity index is 1.79. The molecule has 1 aliphatic heterocycles. The van der Waals surface area contributed by atoms with E-state index in [2.05, 4.69) is 0 Å². The fourth-order valence-electron chi connectivity index (χ4n) is 2.47. The Morgan fingerprint density at radius 3 is 2.48 bits per heavy atom. The summed E-state index contributed by atoms with van der Waals surface area (Å²) in [6, 6.07) is 4.38. The molecule has 0 N–H and O–H groups in total. The number of nitrogens with zero attached hydrogens (tertiary/aromatic N) is 2. The highest BCUT2D eigenvalue weighted by atomic mass is 32.2. The van der Waals surface area contributed by atoms with E-state index in [1.807, 2.05) is 0 Å². The van der Waals surface area contributed by atoms with Crippen molar-refractivity contribution in [2.24, 2.45) is 0 Å². The van der Waals surface area contributed by atoms with Crippen LogP contribution in [0, 0.1) is 5.82 Å². The van der Waals surface area contributed by atoms with Gasteiger partial charge in [0.05, 0.1) is 12.9 Å². The van der Waals surface area contributed by atoms with Crippen LogP contribution in [-0.2, 0) is 15.3 Å². The standard InChI is InChI=1S/C16H21FN2O3S/c1-12(20)18-5-7-19(8-6-18)16(21)11-23-10-13-9-14(17)3-4-15(13)22-2/h3-4,9H,5-8,10-11H2,1-2H3. The van der Waals surface area contributed by atoms with Crippen molar-refractivity contribution in [2.75, 3.05) is 39.0 Å². The van der Waals surface area contributed by atoms with Gasteiger partial charge in [-0.2, -0.15) is 0 Å². The molecule has 0 aliphatic carbocycles. The van der Waals surface area contributed by atoms with Gasteiger partial charge >= 0.3 is 0 Å². The summed E-state index contributed by atoms with van der Waals surface area (Å²) in [5.74, 6) is 1.26. The van der Waals surface area contributed by atoms with E-state index in [9.17, 15) is 14.0 Å². The molecule has 1 heterocycles. The Hall–Kier alpha value is -1.76. The molecule has 1 fully saturated rings. The van der Waals surface area contributed by atoms with Gasteiger partial charge in [-0.3, -0.25) is 9.59 Å². The Labute approximate surface area is 139 Å². The molecule has 23 heavy (non-hydrogen) atoms. The maximum absolute atomic E-state index is 13.3. The van der Waals surface area contributed by atoms with Gasteiger partial charge in [-0.1, -0.05) is 0 Å². The van der Waals surface area contributed by atoms with E-state index >= 15 is 0 Å². The summed E-state index contributed by atoms with van der Waals surface area (Å²) in [5, 5.41) is 0. The molecule has 0 aromatic heterocycles. The number of rotatable bonds is 5. The fourth-order valence-corrected chi connectivity index (χ4v) is 3.38. The zero-order valence-corrected chi connectivity index (χ0v) is 14.2. The lowest BCUT2D eigenvalue weighted by molar-refractivity contribution is -0.136. The number of benzene rings is 1. The van der Waals surface area contributed by atoms with Crippen molar-refractivity contribution >= 4 is 23.6 Å².